The summed E-state index contributed by atoms with van der Waals surface area (Å²) >= 11 is 5.94. The summed E-state index contributed by atoms with van der Waals surface area (Å²) in [6.07, 6.45) is 6.45. The van der Waals surface area contributed by atoms with E-state index in [4.69, 9.17) is 16.3 Å². The van der Waals surface area contributed by atoms with Gasteiger partial charge in [0.2, 0.25) is 0 Å². The van der Waals surface area contributed by atoms with Gasteiger partial charge in [0.05, 0.1) is 24.9 Å². The lowest BCUT2D eigenvalue weighted by Gasteiger charge is -2.18. The van der Waals surface area contributed by atoms with Gasteiger partial charge in [0.1, 0.15) is 11.0 Å². The Hall–Kier alpha value is -0.580. The van der Waals surface area contributed by atoms with Crippen molar-refractivity contribution in [3.63, 3.8) is 0 Å². The van der Waals surface area contributed by atoms with Crippen LogP contribution < -0.4 is 5.32 Å². The first kappa shape index (κ1) is 11.5. The smallest absolute Gasteiger partial charge is 0.128 e. The molecule has 0 amide bonds. The topological polar surface area (TPSA) is 39.1 Å². The lowest BCUT2D eigenvalue weighted by Crippen LogP contribution is -2.29. The second-order valence-corrected chi connectivity index (χ2v) is 5.44. The number of nitrogens with one attached hydrogen (secondary N) is 1. The molecule has 1 aromatic heterocycles. The van der Waals surface area contributed by atoms with E-state index in [2.05, 4.69) is 10.3 Å². The van der Waals surface area contributed by atoms with Gasteiger partial charge in [0.25, 0.3) is 0 Å². The Kier molecular flexibility index (Phi) is 3.11. The Labute approximate surface area is 106 Å². The van der Waals surface area contributed by atoms with Crippen LogP contribution in [0.15, 0.2) is 6.20 Å². The van der Waals surface area contributed by atoms with E-state index < -0.39 is 0 Å². The maximum Gasteiger partial charge on any atom is 0.128 e. The lowest BCUT2D eigenvalue weighted by atomic mass is 9.89. The molecule has 1 aromatic rings. The summed E-state index contributed by atoms with van der Waals surface area (Å²) < 4.78 is 7.74. The zero-order chi connectivity index (χ0) is 11.8. The van der Waals surface area contributed by atoms with E-state index in [0.717, 1.165) is 18.9 Å². The molecule has 17 heavy (non-hydrogen) atoms. The van der Waals surface area contributed by atoms with Crippen molar-refractivity contribution in [3.8, 4) is 0 Å². The van der Waals surface area contributed by atoms with E-state index >= 15 is 0 Å². The van der Waals surface area contributed by atoms with E-state index in [1.165, 1.54) is 19.3 Å². The second-order valence-electron chi connectivity index (χ2n) is 5.06. The van der Waals surface area contributed by atoms with Crippen LogP contribution in [-0.2, 0) is 18.3 Å². The fourth-order valence-electron chi connectivity index (χ4n) is 2.92. The highest BCUT2D eigenvalue weighted by atomic mass is 35.5. The number of imidazole rings is 1. The van der Waals surface area contributed by atoms with Gasteiger partial charge in [0.15, 0.2) is 0 Å². The third kappa shape index (κ3) is 2.21. The number of nitrogens with zero attached hydrogens (tertiary/aromatic N) is 2. The number of hydrogen-bond acceptors (Lipinski definition) is 3. The van der Waals surface area contributed by atoms with Gasteiger partial charge in [-0.3, -0.25) is 0 Å². The van der Waals surface area contributed by atoms with Crippen LogP contribution in [0.25, 0.3) is 0 Å². The van der Waals surface area contributed by atoms with Crippen LogP contribution >= 0.6 is 11.6 Å². The number of aromatic nitrogens is 2. The fourth-order valence-corrected chi connectivity index (χ4v) is 3.06. The second kappa shape index (κ2) is 4.59. The Morgan fingerprint density at radius 1 is 1.59 bits per heavy atom. The quantitative estimate of drug-likeness (QED) is 0.891. The molecule has 5 heteroatoms. The van der Waals surface area contributed by atoms with Crippen LogP contribution in [0.3, 0.4) is 0 Å². The molecule has 0 saturated carbocycles. The zero-order valence-corrected chi connectivity index (χ0v) is 10.8. The SMILES string of the molecule is Cn1c(Cl)cnc1CNC[C@@H]1C[C@H]2CC[C@@H]1O2. The molecule has 0 spiro atoms. The predicted octanol–water partition coefficient (Wildman–Crippen LogP) is 1.73. The maximum atomic E-state index is 5.94. The Bertz CT molecular complexity index is 406. The van der Waals surface area contributed by atoms with Crippen molar-refractivity contribution in [1.29, 1.82) is 0 Å². The van der Waals surface area contributed by atoms with Crippen molar-refractivity contribution >= 4 is 11.6 Å². The molecule has 0 unspecified atom stereocenters. The third-order valence-electron chi connectivity index (χ3n) is 3.95. The minimum atomic E-state index is 0.498. The predicted molar refractivity (Wildman–Crippen MR) is 65.9 cm³/mol. The van der Waals surface area contributed by atoms with Gasteiger partial charge in [-0.2, -0.15) is 0 Å². The van der Waals surface area contributed by atoms with Crippen molar-refractivity contribution in [2.45, 2.75) is 38.0 Å². The summed E-state index contributed by atoms with van der Waals surface area (Å²) in [5.41, 5.74) is 0. The molecule has 0 radical (unpaired) electrons. The molecular formula is C12H18ClN3O. The molecule has 2 aliphatic rings. The van der Waals surface area contributed by atoms with Crippen LogP contribution in [0.5, 0.6) is 0 Å². The molecule has 2 bridgehead atoms. The molecule has 2 aliphatic heterocycles. The highest BCUT2D eigenvalue weighted by Gasteiger charge is 2.40. The van der Waals surface area contributed by atoms with Gasteiger partial charge in [-0.25, -0.2) is 4.98 Å². The van der Waals surface area contributed by atoms with Crippen molar-refractivity contribution in [2.24, 2.45) is 13.0 Å². The van der Waals surface area contributed by atoms with Crippen molar-refractivity contribution in [2.75, 3.05) is 6.54 Å². The summed E-state index contributed by atoms with van der Waals surface area (Å²) in [7, 11) is 1.94. The van der Waals surface area contributed by atoms with Gasteiger partial charge in [-0.15, -0.1) is 0 Å². The molecule has 4 nitrogen and oxygen atoms in total. The number of ether oxygens (including phenoxy) is 1. The Balaban J connectivity index is 1.48. The van der Waals surface area contributed by atoms with E-state index in [1.54, 1.807) is 6.20 Å². The standard InChI is InChI=1S/C12H18ClN3O/c1-16-11(13)6-15-12(16)7-14-5-8-4-9-2-3-10(8)17-9/h6,8-10,14H,2-5,7H2,1H3/t8-,9+,10-/m0/s1. The highest BCUT2D eigenvalue weighted by molar-refractivity contribution is 6.29. The molecule has 0 aliphatic carbocycles. The van der Waals surface area contributed by atoms with Crippen LogP contribution in [0.4, 0.5) is 0 Å². The van der Waals surface area contributed by atoms with E-state index in [9.17, 15) is 0 Å². The van der Waals surface area contributed by atoms with Crippen LogP contribution in [0, 0.1) is 5.92 Å². The van der Waals surface area contributed by atoms with Gasteiger partial charge in [-0.05, 0) is 19.3 Å². The molecule has 3 heterocycles. The molecule has 1 N–H and O–H groups in total. The summed E-state index contributed by atoms with van der Waals surface area (Å²) in [4.78, 5) is 4.26. The Morgan fingerprint density at radius 2 is 2.47 bits per heavy atom. The van der Waals surface area contributed by atoms with Crippen molar-refractivity contribution in [1.82, 2.24) is 14.9 Å². The van der Waals surface area contributed by atoms with Gasteiger partial charge in [-0.1, -0.05) is 11.6 Å². The van der Waals surface area contributed by atoms with Crippen molar-refractivity contribution in [3.05, 3.63) is 17.2 Å². The number of halogens is 1. The fraction of sp³-hybridized carbons (Fsp3) is 0.750. The zero-order valence-electron chi connectivity index (χ0n) is 10.0. The molecule has 3 atom stereocenters. The monoisotopic (exact) mass is 255 g/mol. The minimum Gasteiger partial charge on any atom is -0.375 e. The lowest BCUT2D eigenvalue weighted by molar-refractivity contribution is 0.0923. The number of hydrogen-bond donors (Lipinski definition) is 1. The molecule has 2 saturated heterocycles. The highest BCUT2D eigenvalue weighted by Crippen LogP contribution is 2.38. The molecule has 2 fully saturated rings. The van der Waals surface area contributed by atoms with Crippen LogP contribution in [0.2, 0.25) is 5.15 Å². The average Bonchev–Trinajstić information content (AvgIpc) is 3.00. The van der Waals surface area contributed by atoms with Gasteiger partial charge < -0.3 is 14.6 Å². The first-order valence-corrected chi connectivity index (χ1v) is 6.64. The van der Waals surface area contributed by atoms with Crippen molar-refractivity contribution < 1.29 is 4.74 Å². The molecular weight excluding hydrogens is 238 g/mol. The molecule has 3 rings (SSSR count). The first-order chi connectivity index (χ1) is 8.24. The largest absolute Gasteiger partial charge is 0.375 e. The van der Waals surface area contributed by atoms with Crippen LogP contribution in [0.1, 0.15) is 25.1 Å². The summed E-state index contributed by atoms with van der Waals surface area (Å²) in [5, 5.41) is 4.15. The number of rotatable bonds is 4. The van der Waals surface area contributed by atoms with E-state index in [0.29, 0.717) is 23.3 Å². The number of fused-ring (bicyclic) bond motifs is 2. The third-order valence-corrected chi connectivity index (χ3v) is 4.30. The van der Waals surface area contributed by atoms with Gasteiger partial charge in [0, 0.05) is 19.5 Å². The minimum absolute atomic E-state index is 0.498. The normalized spacial score (nSPS) is 31.3. The van der Waals surface area contributed by atoms with Crippen LogP contribution in [-0.4, -0.2) is 28.3 Å². The van der Waals surface area contributed by atoms with Gasteiger partial charge >= 0.3 is 0 Å². The summed E-state index contributed by atoms with van der Waals surface area (Å²) in [6.45, 7) is 1.79. The maximum absolute atomic E-state index is 5.94. The summed E-state index contributed by atoms with van der Waals surface area (Å²) in [6, 6.07) is 0. The first-order valence-electron chi connectivity index (χ1n) is 6.26. The van der Waals surface area contributed by atoms with E-state index in [-0.39, 0.29) is 0 Å². The summed E-state index contributed by atoms with van der Waals surface area (Å²) in [5.74, 6) is 1.67. The van der Waals surface area contributed by atoms with E-state index in [1.807, 2.05) is 11.6 Å². The Morgan fingerprint density at radius 3 is 3.06 bits per heavy atom. The molecule has 0 aromatic carbocycles. The molecule has 94 valence electrons. The average molecular weight is 256 g/mol.